The highest BCUT2D eigenvalue weighted by Gasteiger charge is 2.20. The number of pyridine rings is 4. The van der Waals surface area contributed by atoms with E-state index in [-0.39, 0.29) is 11.3 Å². The van der Waals surface area contributed by atoms with Crippen molar-refractivity contribution in [1.82, 2.24) is 29.7 Å². The van der Waals surface area contributed by atoms with Gasteiger partial charge in [-0.3, -0.25) is 29.7 Å². The molecule has 0 radical (unpaired) electrons. The summed E-state index contributed by atoms with van der Waals surface area (Å²) in [5, 5.41) is 21.5. The Bertz CT molecular complexity index is 1380. The van der Waals surface area contributed by atoms with E-state index in [1.165, 1.54) is 0 Å². The molecule has 0 saturated carbocycles. The predicted molar refractivity (Wildman–Crippen MR) is 158 cm³/mol. The van der Waals surface area contributed by atoms with Crippen LogP contribution in [0.4, 0.5) is 0 Å². The molecule has 0 saturated heterocycles. The number of carboxylic acid groups (broad SMARTS) is 1. The SMILES string of the molecule is O=C(O)c1cc(CN(Cc2ccccn2)Cc2ccccn2)c(O)c(CN(Cc2ccccn2)Cc2ccccn2)c1. The quantitative estimate of drug-likeness (QED) is 0.203. The summed E-state index contributed by atoms with van der Waals surface area (Å²) in [4.78, 5) is 34.3. The third-order valence-electron chi connectivity index (χ3n) is 6.75. The van der Waals surface area contributed by atoms with Crippen LogP contribution in [-0.2, 0) is 39.3 Å². The van der Waals surface area contributed by atoms with E-state index in [4.69, 9.17) is 0 Å². The number of nitrogens with zero attached hydrogens (tertiary/aromatic N) is 6. The van der Waals surface area contributed by atoms with Crippen LogP contribution in [0.2, 0.25) is 0 Å². The molecule has 0 bridgehead atoms. The van der Waals surface area contributed by atoms with Crippen LogP contribution in [0.5, 0.6) is 5.75 Å². The Morgan fingerprint density at radius 2 is 0.881 bits per heavy atom. The Hall–Kier alpha value is -4.99. The monoisotopic (exact) mass is 560 g/mol. The van der Waals surface area contributed by atoms with Gasteiger partial charge in [0.15, 0.2) is 0 Å². The molecule has 0 aliphatic heterocycles. The van der Waals surface area contributed by atoms with Crippen LogP contribution in [0.25, 0.3) is 0 Å². The predicted octanol–water partition coefficient (Wildman–Crippen LogP) is 5.08. The third-order valence-corrected chi connectivity index (χ3v) is 6.75. The molecule has 5 rings (SSSR count). The van der Waals surface area contributed by atoms with E-state index in [0.29, 0.717) is 50.4 Å². The van der Waals surface area contributed by atoms with E-state index < -0.39 is 5.97 Å². The summed E-state index contributed by atoms with van der Waals surface area (Å²) >= 11 is 0. The van der Waals surface area contributed by atoms with Crippen molar-refractivity contribution in [1.29, 1.82) is 0 Å². The molecule has 2 N–H and O–H groups in total. The van der Waals surface area contributed by atoms with Gasteiger partial charge in [0.25, 0.3) is 0 Å². The summed E-state index contributed by atoms with van der Waals surface area (Å²) in [5.41, 5.74) is 4.60. The molecule has 1 aromatic carbocycles. The summed E-state index contributed by atoms with van der Waals surface area (Å²) in [6, 6.07) is 26.0. The third kappa shape index (κ3) is 8.03. The van der Waals surface area contributed by atoms with Gasteiger partial charge in [-0.05, 0) is 60.7 Å². The largest absolute Gasteiger partial charge is 0.507 e. The van der Waals surface area contributed by atoms with Crippen LogP contribution < -0.4 is 0 Å². The highest BCUT2D eigenvalue weighted by molar-refractivity contribution is 5.88. The van der Waals surface area contributed by atoms with E-state index in [9.17, 15) is 15.0 Å². The molecule has 5 aromatic rings. The summed E-state index contributed by atoms with van der Waals surface area (Å²) in [5.74, 6) is -0.987. The second-order valence-corrected chi connectivity index (χ2v) is 10.0. The number of aromatic nitrogens is 4. The fourth-order valence-electron chi connectivity index (χ4n) is 4.82. The van der Waals surface area contributed by atoms with Crippen molar-refractivity contribution in [3.63, 3.8) is 0 Å². The average Bonchev–Trinajstić information content (AvgIpc) is 3.01. The summed E-state index contributed by atoms with van der Waals surface area (Å²) in [6.45, 7) is 2.58. The van der Waals surface area contributed by atoms with Crippen molar-refractivity contribution in [2.24, 2.45) is 0 Å². The van der Waals surface area contributed by atoms with E-state index in [0.717, 1.165) is 22.8 Å². The maximum atomic E-state index is 12.2. The van der Waals surface area contributed by atoms with Gasteiger partial charge in [-0.2, -0.15) is 0 Å². The van der Waals surface area contributed by atoms with Crippen molar-refractivity contribution in [2.45, 2.75) is 39.3 Å². The minimum absolute atomic E-state index is 0.0686. The number of aromatic carboxylic acids is 1. The van der Waals surface area contributed by atoms with E-state index in [1.807, 2.05) is 72.8 Å². The first-order chi connectivity index (χ1) is 20.5. The second kappa shape index (κ2) is 14.1. The average molecular weight is 561 g/mol. The lowest BCUT2D eigenvalue weighted by molar-refractivity contribution is 0.0696. The molecule has 9 heteroatoms. The van der Waals surface area contributed by atoms with Gasteiger partial charge >= 0.3 is 5.97 Å². The first kappa shape index (κ1) is 28.5. The van der Waals surface area contributed by atoms with Crippen molar-refractivity contribution in [3.8, 4) is 5.75 Å². The normalized spacial score (nSPS) is 11.2. The molecule has 4 heterocycles. The number of hydrogen-bond acceptors (Lipinski definition) is 8. The number of hydrogen-bond donors (Lipinski definition) is 2. The number of carbonyl (C=O) groups is 1. The molecule has 0 aliphatic carbocycles. The zero-order valence-electron chi connectivity index (χ0n) is 23.1. The molecule has 0 atom stereocenters. The molecule has 4 aromatic heterocycles. The van der Waals surface area contributed by atoms with Gasteiger partial charge in [0.2, 0.25) is 0 Å². The Labute approximate surface area is 244 Å². The van der Waals surface area contributed by atoms with Crippen LogP contribution in [0.1, 0.15) is 44.3 Å². The molecule has 0 fully saturated rings. The maximum Gasteiger partial charge on any atom is 0.335 e. The Kier molecular flexibility index (Phi) is 9.56. The van der Waals surface area contributed by atoms with Gasteiger partial charge in [-0.15, -0.1) is 0 Å². The lowest BCUT2D eigenvalue weighted by Crippen LogP contribution is -2.25. The Morgan fingerprint density at radius 1 is 0.548 bits per heavy atom. The van der Waals surface area contributed by atoms with Crippen LogP contribution in [0, 0.1) is 0 Å². The fraction of sp³-hybridized carbons (Fsp3) is 0.182. The molecule has 0 unspecified atom stereocenters. The highest BCUT2D eigenvalue weighted by Crippen LogP contribution is 2.29. The lowest BCUT2D eigenvalue weighted by Gasteiger charge is -2.25. The van der Waals surface area contributed by atoms with Gasteiger partial charge in [0, 0.05) is 75.2 Å². The zero-order chi connectivity index (χ0) is 29.1. The van der Waals surface area contributed by atoms with E-state index in [1.54, 1.807) is 36.9 Å². The number of phenols is 1. The Balaban J connectivity index is 1.46. The number of phenolic OH excluding ortho intramolecular Hbond substituents is 1. The molecule has 0 aliphatic rings. The Morgan fingerprint density at radius 3 is 1.14 bits per heavy atom. The van der Waals surface area contributed by atoms with Gasteiger partial charge in [-0.1, -0.05) is 24.3 Å². The van der Waals surface area contributed by atoms with Crippen LogP contribution in [0.3, 0.4) is 0 Å². The molecular formula is C33H32N6O3. The van der Waals surface area contributed by atoms with Crippen molar-refractivity contribution in [2.75, 3.05) is 0 Å². The van der Waals surface area contributed by atoms with Gasteiger partial charge in [0.05, 0.1) is 28.3 Å². The molecule has 42 heavy (non-hydrogen) atoms. The van der Waals surface area contributed by atoms with Crippen molar-refractivity contribution < 1.29 is 15.0 Å². The highest BCUT2D eigenvalue weighted by atomic mass is 16.4. The zero-order valence-corrected chi connectivity index (χ0v) is 23.1. The summed E-state index contributed by atoms with van der Waals surface area (Å²) in [6.07, 6.45) is 6.97. The number of aromatic hydroxyl groups is 1. The summed E-state index contributed by atoms with van der Waals surface area (Å²) < 4.78 is 0. The van der Waals surface area contributed by atoms with Gasteiger partial charge in [-0.25, -0.2) is 4.79 Å². The van der Waals surface area contributed by atoms with Crippen molar-refractivity contribution in [3.05, 3.63) is 149 Å². The van der Waals surface area contributed by atoms with Gasteiger partial charge < -0.3 is 10.2 Å². The smallest absolute Gasteiger partial charge is 0.335 e. The lowest BCUT2D eigenvalue weighted by atomic mass is 10.0. The van der Waals surface area contributed by atoms with Crippen LogP contribution in [0.15, 0.2) is 110 Å². The fourth-order valence-corrected chi connectivity index (χ4v) is 4.82. The van der Waals surface area contributed by atoms with Crippen LogP contribution in [-0.4, -0.2) is 45.9 Å². The molecule has 0 spiro atoms. The molecule has 0 amide bonds. The second-order valence-electron chi connectivity index (χ2n) is 10.0. The summed E-state index contributed by atoms with van der Waals surface area (Å²) in [7, 11) is 0. The number of rotatable bonds is 13. The minimum Gasteiger partial charge on any atom is -0.507 e. The number of benzene rings is 1. The van der Waals surface area contributed by atoms with Crippen molar-refractivity contribution >= 4 is 5.97 Å². The number of carboxylic acids is 1. The first-order valence-electron chi connectivity index (χ1n) is 13.7. The van der Waals surface area contributed by atoms with E-state index in [2.05, 4.69) is 29.7 Å². The standard InChI is InChI=1S/C33H32N6O3/c40-32-26(19-38(21-28-9-1-5-13-34-28)22-29-10-2-6-14-35-29)17-25(33(41)42)18-27(32)20-39(23-30-11-3-7-15-36-30)24-31-12-4-8-16-37-31/h1-18,40H,19-24H2,(H,41,42). The maximum absolute atomic E-state index is 12.2. The molecule has 212 valence electrons. The molecule has 9 nitrogen and oxygen atoms in total. The van der Waals surface area contributed by atoms with Crippen LogP contribution >= 0.6 is 0 Å². The molecular weight excluding hydrogens is 528 g/mol. The first-order valence-corrected chi connectivity index (χ1v) is 13.7. The van der Waals surface area contributed by atoms with E-state index >= 15 is 0 Å². The minimum atomic E-state index is -1.06. The topological polar surface area (TPSA) is 116 Å². The van der Waals surface area contributed by atoms with Gasteiger partial charge in [0.1, 0.15) is 5.75 Å².